The Morgan fingerprint density at radius 2 is 1.22 bits per heavy atom. The Morgan fingerprint density at radius 3 is 2.04 bits per heavy atom. The quantitative estimate of drug-likeness (QED) is 0.165. The molecule has 0 spiro atoms. The number of aryl methyl sites for hydroxylation is 1. The normalized spacial score (nSPS) is 14.1. The largest absolute Gasteiger partial charge is 0.294 e. The third-order valence-corrected chi connectivity index (χ3v) is 11.3. The molecule has 0 saturated carbocycles. The molecule has 4 nitrogen and oxygen atoms in total. The summed E-state index contributed by atoms with van der Waals surface area (Å²) in [4.78, 5) is 4.99. The van der Waals surface area contributed by atoms with Crippen molar-refractivity contribution >= 4 is 32.8 Å². The summed E-state index contributed by atoms with van der Waals surface area (Å²) >= 11 is 0. The maximum Gasteiger partial charge on any atom is 0.249 e. The van der Waals surface area contributed by atoms with Gasteiger partial charge in [-0.05, 0) is 93.0 Å². The summed E-state index contributed by atoms with van der Waals surface area (Å²) in [7, 11) is 0. The molecular weight excluding hydrogens is 657 g/mol. The fourth-order valence-corrected chi connectivity index (χ4v) is 9.03. The van der Waals surface area contributed by atoms with Crippen LogP contribution in [0.15, 0.2) is 195 Å². The first-order valence-corrected chi connectivity index (χ1v) is 18.3. The zero-order valence-electron chi connectivity index (χ0n) is 32.3. The minimum atomic E-state index is -2.34. The summed E-state index contributed by atoms with van der Waals surface area (Å²) in [6, 6.07) is 64.0. The van der Waals surface area contributed by atoms with Gasteiger partial charge >= 0.3 is 0 Å². The van der Waals surface area contributed by atoms with Gasteiger partial charge in [0.15, 0.2) is 11.0 Å². The van der Waals surface area contributed by atoms with Crippen LogP contribution in [0.3, 0.4) is 0 Å². The van der Waals surface area contributed by atoms with Gasteiger partial charge in [-0.15, -0.1) is 0 Å². The van der Waals surface area contributed by atoms with Crippen LogP contribution < -0.4 is 4.57 Å². The monoisotopic (exact) mass is 694 g/mol. The number of imidazole rings is 1. The molecule has 0 saturated heterocycles. The molecule has 7 aromatic carbocycles. The van der Waals surface area contributed by atoms with Crippen molar-refractivity contribution in [3.63, 3.8) is 0 Å². The first-order chi connectivity index (χ1) is 27.9. The third kappa shape index (κ3) is 4.31. The van der Waals surface area contributed by atoms with Gasteiger partial charge in [-0.3, -0.25) is 4.57 Å². The van der Waals surface area contributed by atoms with Gasteiger partial charge in [-0.25, -0.2) is 9.55 Å². The van der Waals surface area contributed by atoms with Crippen molar-refractivity contribution in [1.82, 2.24) is 14.1 Å². The second-order valence-electron chi connectivity index (χ2n) is 14.1. The number of fused-ring (bicyclic) bond motifs is 7. The Morgan fingerprint density at radius 1 is 0.537 bits per heavy atom. The van der Waals surface area contributed by atoms with Gasteiger partial charge in [0.1, 0.15) is 11.5 Å². The molecule has 254 valence electrons. The minimum Gasteiger partial charge on any atom is -0.294 e. The summed E-state index contributed by atoms with van der Waals surface area (Å²) < 4.78 is 30.7. The van der Waals surface area contributed by atoms with Crippen LogP contribution in [0.25, 0.3) is 66.6 Å². The number of hydrogen-bond donors (Lipinski definition) is 0. The number of pyridine rings is 1. The lowest BCUT2D eigenvalue weighted by Crippen LogP contribution is -2.29. The fraction of sp³-hybridized carbons (Fsp3) is 0.0400. The van der Waals surface area contributed by atoms with E-state index in [2.05, 4.69) is 156 Å². The van der Waals surface area contributed by atoms with E-state index >= 15 is 0 Å². The molecule has 0 unspecified atom stereocenters. The molecule has 10 aromatic rings. The molecule has 1 aliphatic rings. The number of rotatable bonds is 5. The lowest BCUT2D eigenvalue weighted by Gasteiger charge is -2.34. The second kappa shape index (κ2) is 11.7. The van der Waals surface area contributed by atoms with Crippen molar-refractivity contribution in [1.29, 1.82) is 0 Å². The number of aromatic nitrogens is 4. The highest BCUT2D eigenvalue weighted by molar-refractivity contribution is 6.09. The first kappa shape index (κ1) is 27.6. The SMILES string of the molecule is [2H]C([2H])([2H])[n+]1cn(-c2cccc(C3(c4ccc5c6ccccc6n(-c6cc(-c7ccccc7)ccn6)c5c4)c4ccccc4-c4ccccc43)c2)c2ccccc21. The Labute approximate surface area is 317 Å². The van der Waals surface area contributed by atoms with E-state index in [0.29, 0.717) is 5.52 Å². The predicted molar refractivity (Wildman–Crippen MR) is 219 cm³/mol. The van der Waals surface area contributed by atoms with Crippen LogP contribution in [0.4, 0.5) is 0 Å². The van der Waals surface area contributed by atoms with E-state index in [1.807, 2.05) is 41.1 Å². The van der Waals surface area contributed by atoms with Crippen molar-refractivity contribution in [3.8, 4) is 33.8 Å². The summed E-state index contributed by atoms with van der Waals surface area (Å²) in [5.74, 6) is 0.852. The predicted octanol–water partition coefficient (Wildman–Crippen LogP) is 11.0. The van der Waals surface area contributed by atoms with Crippen LogP contribution in [-0.2, 0) is 12.4 Å². The topological polar surface area (TPSA) is 26.6 Å². The average Bonchev–Trinajstić information content (AvgIpc) is 3.91. The summed E-state index contributed by atoms with van der Waals surface area (Å²) in [5, 5.41) is 2.31. The van der Waals surface area contributed by atoms with Crippen LogP contribution in [-0.4, -0.2) is 14.1 Å². The van der Waals surface area contributed by atoms with E-state index in [1.54, 1.807) is 6.33 Å². The molecule has 0 amide bonds. The van der Waals surface area contributed by atoms with Gasteiger partial charge in [0.25, 0.3) is 0 Å². The van der Waals surface area contributed by atoms with Gasteiger partial charge in [0, 0.05) is 17.0 Å². The Balaban J connectivity index is 1.21. The molecule has 0 radical (unpaired) electrons. The molecule has 0 N–H and O–H groups in total. The smallest absolute Gasteiger partial charge is 0.249 e. The van der Waals surface area contributed by atoms with Crippen molar-refractivity contribution < 1.29 is 8.68 Å². The van der Waals surface area contributed by atoms with Crippen molar-refractivity contribution in [2.24, 2.45) is 6.98 Å². The van der Waals surface area contributed by atoms with Crippen LogP contribution in [0, 0.1) is 0 Å². The van der Waals surface area contributed by atoms with Crippen LogP contribution in [0.2, 0.25) is 0 Å². The Bertz CT molecular complexity index is 3150. The molecule has 0 bridgehead atoms. The van der Waals surface area contributed by atoms with Gasteiger partial charge in [-0.2, -0.15) is 4.57 Å². The highest BCUT2D eigenvalue weighted by atomic mass is 15.1. The minimum absolute atomic E-state index is 0.650. The number of hydrogen-bond acceptors (Lipinski definition) is 1. The fourth-order valence-electron chi connectivity index (χ4n) is 9.03. The standard InChI is InChI=1S/C50H35N4/c1-52-33-53(47-25-12-11-24-46(47)52)38-17-13-16-36(31-38)50(43-21-8-5-18-39(43)40-19-6-9-22-44(40)50)37-26-27-42-41-20-7-10-23-45(41)54(48(42)32-37)49-30-35(28-29-51-49)34-14-3-2-4-15-34/h2-33H,1H3/q+1/i1D3. The number of benzene rings is 7. The van der Waals surface area contributed by atoms with Crippen LogP contribution >= 0.6 is 0 Å². The van der Waals surface area contributed by atoms with E-state index in [0.717, 1.165) is 61.1 Å². The van der Waals surface area contributed by atoms with Gasteiger partial charge in [0.05, 0.1) is 27.5 Å². The molecular formula is C50H35N4+. The number of nitrogens with zero attached hydrogens (tertiary/aromatic N) is 4. The molecule has 11 rings (SSSR count). The molecule has 54 heavy (non-hydrogen) atoms. The molecule has 0 fully saturated rings. The number of para-hydroxylation sites is 3. The average molecular weight is 695 g/mol. The van der Waals surface area contributed by atoms with Crippen molar-refractivity contribution in [3.05, 3.63) is 217 Å². The molecule has 1 aliphatic carbocycles. The third-order valence-electron chi connectivity index (χ3n) is 11.3. The Kier molecular flexibility index (Phi) is 6.00. The molecule has 4 heteroatoms. The maximum absolute atomic E-state index is 8.33. The van der Waals surface area contributed by atoms with E-state index < -0.39 is 12.4 Å². The van der Waals surface area contributed by atoms with Crippen molar-refractivity contribution in [2.45, 2.75) is 5.41 Å². The van der Waals surface area contributed by atoms with Crippen LogP contribution in [0.5, 0.6) is 0 Å². The van der Waals surface area contributed by atoms with E-state index in [9.17, 15) is 0 Å². The van der Waals surface area contributed by atoms with Gasteiger partial charge < -0.3 is 0 Å². The maximum atomic E-state index is 8.33. The van der Waals surface area contributed by atoms with Gasteiger partial charge in [0.2, 0.25) is 6.33 Å². The van der Waals surface area contributed by atoms with E-state index in [1.165, 1.54) is 26.8 Å². The summed E-state index contributed by atoms with van der Waals surface area (Å²) in [5.41, 5.74) is 13.1. The second-order valence-corrected chi connectivity index (χ2v) is 14.1. The summed E-state index contributed by atoms with van der Waals surface area (Å²) in [6.07, 6.45) is 3.61. The van der Waals surface area contributed by atoms with E-state index in [4.69, 9.17) is 9.10 Å². The lowest BCUT2D eigenvalue weighted by atomic mass is 9.67. The molecule has 0 aliphatic heterocycles. The lowest BCUT2D eigenvalue weighted by molar-refractivity contribution is -0.645. The molecule has 3 aromatic heterocycles. The van der Waals surface area contributed by atoms with Crippen LogP contribution in [0.1, 0.15) is 26.4 Å². The first-order valence-electron chi connectivity index (χ1n) is 19.8. The molecule has 0 atom stereocenters. The highest BCUT2D eigenvalue weighted by Gasteiger charge is 2.46. The van der Waals surface area contributed by atoms with Gasteiger partial charge in [-0.1, -0.05) is 133 Å². The van der Waals surface area contributed by atoms with Crippen molar-refractivity contribution in [2.75, 3.05) is 0 Å². The zero-order valence-corrected chi connectivity index (χ0v) is 29.3. The van der Waals surface area contributed by atoms with E-state index in [-0.39, 0.29) is 0 Å². The molecule has 3 heterocycles. The Hall–Kier alpha value is -7.04. The zero-order chi connectivity index (χ0) is 38.3. The highest BCUT2D eigenvalue weighted by Crippen LogP contribution is 2.56. The summed E-state index contributed by atoms with van der Waals surface area (Å²) in [6.45, 7) is -2.34.